The molecular formula is C26H57N3. The zero-order valence-corrected chi connectivity index (χ0v) is 22.3. The molecular weight excluding hydrogens is 354 g/mol. The third-order valence-electron chi connectivity index (χ3n) is 6.64. The van der Waals surface area contributed by atoms with Gasteiger partial charge in [-0.3, -0.25) is 4.90 Å². The summed E-state index contributed by atoms with van der Waals surface area (Å²) in [6.07, 6.45) is 9.12. The lowest BCUT2D eigenvalue weighted by atomic mass is 9.88. The molecule has 3 nitrogen and oxygen atoms in total. The van der Waals surface area contributed by atoms with E-state index in [-0.39, 0.29) is 5.54 Å². The quantitative estimate of drug-likeness (QED) is 0.267. The molecule has 29 heavy (non-hydrogen) atoms. The van der Waals surface area contributed by atoms with E-state index < -0.39 is 0 Å². The fourth-order valence-electron chi connectivity index (χ4n) is 4.54. The first-order chi connectivity index (χ1) is 13.3. The molecule has 0 aliphatic rings. The summed E-state index contributed by atoms with van der Waals surface area (Å²) in [5.41, 5.74) is 0.633. The average molecular weight is 412 g/mol. The van der Waals surface area contributed by atoms with Crippen LogP contribution in [0.3, 0.4) is 0 Å². The molecule has 0 aliphatic carbocycles. The third-order valence-corrected chi connectivity index (χ3v) is 6.64. The Labute approximate surface area is 185 Å². The van der Waals surface area contributed by atoms with E-state index in [9.17, 15) is 0 Å². The van der Waals surface area contributed by atoms with Gasteiger partial charge in [0.1, 0.15) is 0 Å². The van der Waals surface area contributed by atoms with Crippen molar-refractivity contribution in [3.05, 3.63) is 0 Å². The molecule has 0 spiro atoms. The van der Waals surface area contributed by atoms with Gasteiger partial charge in [0.25, 0.3) is 0 Å². The van der Waals surface area contributed by atoms with E-state index in [2.05, 4.69) is 91.1 Å². The lowest BCUT2D eigenvalue weighted by Crippen LogP contribution is -2.51. The fraction of sp³-hybridized carbons (Fsp3) is 1.00. The molecule has 0 amide bonds. The molecule has 0 saturated heterocycles. The lowest BCUT2D eigenvalue weighted by Gasteiger charge is -2.43. The highest BCUT2D eigenvalue weighted by Crippen LogP contribution is 2.25. The minimum atomic E-state index is 0.237. The Bertz CT molecular complexity index is 399. The van der Waals surface area contributed by atoms with Gasteiger partial charge in [-0.15, -0.1) is 0 Å². The number of rotatable bonds is 16. The van der Waals surface area contributed by atoms with Gasteiger partial charge in [0.15, 0.2) is 0 Å². The summed E-state index contributed by atoms with van der Waals surface area (Å²) in [5.74, 6) is 0. The molecule has 0 aromatic rings. The van der Waals surface area contributed by atoms with Crippen LogP contribution >= 0.6 is 0 Å². The van der Waals surface area contributed by atoms with Crippen LogP contribution in [0.1, 0.15) is 107 Å². The van der Waals surface area contributed by atoms with Gasteiger partial charge in [0.05, 0.1) is 0 Å². The summed E-state index contributed by atoms with van der Waals surface area (Å²) in [7, 11) is 4.62. The summed E-state index contributed by atoms with van der Waals surface area (Å²) in [5, 5.41) is 0. The topological polar surface area (TPSA) is 9.72 Å². The Morgan fingerprint density at radius 2 is 1.17 bits per heavy atom. The fourth-order valence-corrected chi connectivity index (χ4v) is 4.54. The van der Waals surface area contributed by atoms with Crippen molar-refractivity contribution in [2.24, 2.45) is 5.41 Å². The normalized spacial score (nSPS) is 15.5. The SMILES string of the molecule is CCCCCCN(C)C(C)CC(C)(C)N(CCC)CCN(C)C(C)CC(C)(C)C. The predicted octanol–water partition coefficient (Wildman–Crippen LogP) is 6.52. The van der Waals surface area contributed by atoms with E-state index in [1.807, 2.05) is 0 Å². The van der Waals surface area contributed by atoms with Crippen LogP contribution < -0.4 is 0 Å². The van der Waals surface area contributed by atoms with Crippen LogP contribution in [-0.2, 0) is 0 Å². The van der Waals surface area contributed by atoms with Gasteiger partial charge in [-0.1, -0.05) is 53.9 Å². The summed E-state index contributed by atoms with van der Waals surface area (Å²) < 4.78 is 0. The Morgan fingerprint density at radius 1 is 0.621 bits per heavy atom. The Balaban J connectivity index is 4.72. The smallest absolute Gasteiger partial charge is 0.0168 e. The predicted molar refractivity (Wildman–Crippen MR) is 133 cm³/mol. The van der Waals surface area contributed by atoms with Crippen LogP contribution in [0.15, 0.2) is 0 Å². The molecule has 0 saturated carbocycles. The van der Waals surface area contributed by atoms with E-state index in [0.29, 0.717) is 17.5 Å². The molecule has 0 aliphatic heterocycles. The number of nitrogens with zero attached hydrogens (tertiary/aromatic N) is 3. The molecule has 0 N–H and O–H groups in total. The first-order valence-electron chi connectivity index (χ1n) is 12.5. The standard InChI is InChI=1S/C26H57N3/c1-12-14-15-16-18-27(10)24(4)22-26(8,9)29(17-13-2)20-19-28(11)23(3)21-25(5,6)7/h23-24H,12-22H2,1-11H3. The molecule has 176 valence electrons. The molecule has 0 heterocycles. The maximum Gasteiger partial charge on any atom is 0.0168 e. The summed E-state index contributed by atoms with van der Waals surface area (Å²) in [6.45, 7) is 26.1. The number of hydrogen-bond donors (Lipinski definition) is 0. The van der Waals surface area contributed by atoms with Gasteiger partial charge < -0.3 is 9.80 Å². The highest BCUT2D eigenvalue weighted by molar-refractivity contribution is 4.86. The maximum atomic E-state index is 2.74. The second-order valence-corrected chi connectivity index (χ2v) is 11.5. The van der Waals surface area contributed by atoms with Gasteiger partial charge >= 0.3 is 0 Å². The lowest BCUT2D eigenvalue weighted by molar-refractivity contribution is 0.0646. The second-order valence-electron chi connectivity index (χ2n) is 11.5. The number of hydrogen-bond acceptors (Lipinski definition) is 3. The van der Waals surface area contributed by atoms with Crippen molar-refractivity contribution < 1.29 is 0 Å². The highest BCUT2D eigenvalue weighted by Gasteiger charge is 2.29. The summed E-state index contributed by atoms with van der Waals surface area (Å²) >= 11 is 0. The first kappa shape index (κ1) is 28.9. The Morgan fingerprint density at radius 3 is 1.69 bits per heavy atom. The van der Waals surface area contributed by atoms with Crippen LogP contribution in [0, 0.1) is 5.41 Å². The van der Waals surface area contributed by atoms with E-state index >= 15 is 0 Å². The van der Waals surface area contributed by atoms with E-state index in [4.69, 9.17) is 0 Å². The minimum absolute atomic E-state index is 0.237. The van der Waals surface area contributed by atoms with Crippen molar-refractivity contribution >= 4 is 0 Å². The van der Waals surface area contributed by atoms with Crippen molar-refractivity contribution in [1.82, 2.24) is 14.7 Å². The summed E-state index contributed by atoms with van der Waals surface area (Å²) in [6, 6.07) is 1.26. The van der Waals surface area contributed by atoms with Gasteiger partial charge in [-0.05, 0) is 86.0 Å². The number of unbranched alkanes of at least 4 members (excludes halogenated alkanes) is 3. The van der Waals surface area contributed by atoms with E-state index in [1.54, 1.807) is 0 Å². The first-order valence-corrected chi connectivity index (χ1v) is 12.5. The largest absolute Gasteiger partial charge is 0.304 e. The van der Waals surface area contributed by atoms with Gasteiger partial charge in [0.2, 0.25) is 0 Å². The maximum absolute atomic E-state index is 2.74. The van der Waals surface area contributed by atoms with E-state index in [0.717, 1.165) is 6.54 Å². The highest BCUT2D eigenvalue weighted by atomic mass is 15.2. The zero-order valence-electron chi connectivity index (χ0n) is 22.3. The Kier molecular flexibility index (Phi) is 14.0. The van der Waals surface area contributed by atoms with Crippen LogP contribution in [0.4, 0.5) is 0 Å². The van der Waals surface area contributed by atoms with Crippen molar-refractivity contribution in [2.45, 2.75) is 125 Å². The molecule has 0 radical (unpaired) electrons. The molecule has 0 fully saturated rings. The van der Waals surface area contributed by atoms with Crippen LogP contribution in [0.5, 0.6) is 0 Å². The molecule has 0 aromatic carbocycles. The van der Waals surface area contributed by atoms with E-state index in [1.165, 1.54) is 64.6 Å². The van der Waals surface area contributed by atoms with Crippen molar-refractivity contribution in [1.29, 1.82) is 0 Å². The second kappa shape index (κ2) is 14.0. The molecule has 3 heteroatoms. The summed E-state index contributed by atoms with van der Waals surface area (Å²) in [4.78, 5) is 7.89. The third kappa shape index (κ3) is 13.0. The van der Waals surface area contributed by atoms with Gasteiger partial charge in [-0.2, -0.15) is 0 Å². The van der Waals surface area contributed by atoms with Crippen LogP contribution in [0.25, 0.3) is 0 Å². The zero-order chi connectivity index (χ0) is 22.7. The molecule has 2 atom stereocenters. The minimum Gasteiger partial charge on any atom is -0.304 e. The number of likely N-dealkylation sites (N-methyl/N-ethyl adjacent to an activating group) is 1. The molecule has 0 rings (SSSR count). The molecule has 2 unspecified atom stereocenters. The molecule has 0 aromatic heterocycles. The van der Waals surface area contributed by atoms with Crippen molar-refractivity contribution in [3.63, 3.8) is 0 Å². The van der Waals surface area contributed by atoms with Crippen molar-refractivity contribution in [3.8, 4) is 0 Å². The molecule has 0 bridgehead atoms. The average Bonchev–Trinajstić information content (AvgIpc) is 2.59. The van der Waals surface area contributed by atoms with Crippen LogP contribution in [-0.4, -0.2) is 72.6 Å². The van der Waals surface area contributed by atoms with Gasteiger partial charge in [-0.25, -0.2) is 0 Å². The van der Waals surface area contributed by atoms with Gasteiger partial charge in [0, 0.05) is 30.7 Å². The van der Waals surface area contributed by atoms with Crippen LogP contribution in [0.2, 0.25) is 0 Å². The Hall–Kier alpha value is -0.120. The van der Waals surface area contributed by atoms with Crippen molar-refractivity contribution in [2.75, 3.05) is 40.3 Å². The monoisotopic (exact) mass is 411 g/mol.